The first-order chi connectivity index (χ1) is 10.8. The summed E-state index contributed by atoms with van der Waals surface area (Å²) in [4.78, 5) is 19.8. The number of aromatic nitrogens is 1. The molecule has 3 heterocycles. The van der Waals surface area contributed by atoms with Gasteiger partial charge in [-0.15, -0.1) is 11.3 Å². The van der Waals surface area contributed by atoms with Gasteiger partial charge in [-0.3, -0.25) is 4.79 Å². The summed E-state index contributed by atoms with van der Waals surface area (Å²) >= 11 is 1.60. The maximum absolute atomic E-state index is 12.0. The molecule has 1 fully saturated rings. The van der Waals surface area contributed by atoms with Gasteiger partial charge in [0.25, 0.3) is 0 Å². The number of anilines is 2. The van der Waals surface area contributed by atoms with E-state index in [-0.39, 0.29) is 5.91 Å². The van der Waals surface area contributed by atoms with Crippen LogP contribution < -0.4 is 10.2 Å². The Morgan fingerprint density at radius 1 is 1.18 bits per heavy atom. The molecule has 0 aromatic carbocycles. The fourth-order valence-electron chi connectivity index (χ4n) is 2.73. The lowest BCUT2D eigenvalue weighted by atomic mass is 10.2. The predicted molar refractivity (Wildman–Crippen MR) is 91.6 cm³/mol. The summed E-state index contributed by atoms with van der Waals surface area (Å²) in [5, 5.41) is 4.84. The van der Waals surface area contributed by atoms with Crippen molar-refractivity contribution in [1.29, 1.82) is 0 Å². The maximum Gasteiger partial charge on any atom is 0.230 e. The van der Waals surface area contributed by atoms with E-state index in [0.717, 1.165) is 23.7 Å². The summed E-state index contributed by atoms with van der Waals surface area (Å²) in [6.07, 6.45) is 7.42. The first-order valence-electron chi connectivity index (χ1n) is 7.84. The first kappa shape index (κ1) is 15.0. The highest BCUT2D eigenvalue weighted by Crippen LogP contribution is 2.20. The Labute approximate surface area is 135 Å². The van der Waals surface area contributed by atoms with Crippen molar-refractivity contribution in [3.63, 3.8) is 0 Å². The molecule has 5 heteroatoms. The van der Waals surface area contributed by atoms with E-state index in [1.807, 2.05) is 29.8 Å². The van der Waals surface area contributed by atoms with E-state index in [1.165, 1.54) is 25.7 Å². The molecule has 0 atom stereocenters. The van der Waals surface area contributed by atoms with Crippen molar-refractivity contribution >= 4 is 28.7 Å². The van der Waals surface area contributed by atoms with Crippen LogP contribution in [0.2, 0.25) is 0 Å². The van der Waals surface area contributed by atoms with Gasteiger partial charge in [-0.25, -0.2) is 4.98 Å². The van der Waals surface area contributed by atoms with Crippen molar-refractivity contribution in [3.8, 4) is 0 Å². The number of nitrogens with zero attached hydrogens (tertiary/aromatic N) is 2. The van der Waals surface area contributed by atoms with Crippen LogP contribution in [-0.2, 0) is 11.2 Å². The zero-order valence-electron chi connectivity index (χ0n) is 12.6. The molecule has 1 aliphatic rings. The monoisotopic (exact) mass is 315 g/mol. The van der Waals surface area contributed by atoms with Gasteiger partial charge in [-0.05, 0) is 36.4 Å². The van der Waals surface area contributed by atoms with Gasteiger partial charge in [0.05, 0.1) is 18.3 Å². The molecule has 22 heavy (non-hydrogen) atoms. The molecule has 0 radical (unpaired) electrons. The number of thiophene rings is 1. The molecule has 0 bridgehead atoms. The molecule has 1 aliphatic heterocycles. The van der Waals surface area contributed by atoms with Gasteiger partial charge in [0.1, 0.15) is 5.82 Å². The highest BCUT2D eigenvalue weighted by Gasteiger charge is 2.11. The lowest BCUT2D eigenvalue weighted by molar-refractivity contribution is -0.115. The third-order valence-electron chi connectivity index (χ3n) is 3.90. The molecule has 1 N–H and O–H groups in total. The summed E-state index contributed by atoms with van der Waals surface area (Å²) in [7, 11) is 0. The molecular formula is C17H21N3OS. The van der Waals surface area contributed by atoms with Gasteiger partial charge in [0.15, 0.2) is 0 Å². The Bertz CT molecular complexity index is 587. The summed E-state index contributed by atoms with van der Waals surface area (Å²) in [6.45, 7) is 2.21. The minimum Gasteiger partial charge on any atom is -0.370 e. The van der Waals surface area contributed by atoms with E-state index in [2.05, 4.69) is 21.3 Å². The second-order valence-corrected chi connectivity index (χ2v) is 6.64. The third kappa shape index (κ3) is 4.07. The Kier molecular flexibility index (Phi) is 5.06. The number of hydrogen-bond donors (Lipinski definition) is 1. The van der Waals surface area contributed by atoms with Crippen molar-refractivity contribution in [2.45, 2.75) is 32.1 Å². The summed E-state index contributed by atoms with van der Waals surface area (Å²) in [6, 6.07) is 7.88. The topological polar surface area (TPSA) is 45.2 Å². The molecule has 116 valence electrons. The third-order valence-corrected chi connectivity index (χ3v) is 4.78. The van der Waals surface area contributed by atoms with Crippen LogP contribution in [0, 0.1) is 0 Å². The number of hydrogen-bond acceptors (Lipinski definition) is 4. The Morgan fingerprint density at radius 3 is 2.64 bits per heavy atom. The van der Waals surface area contributed by atoms with Crippen LogP contribution in [0.3, 0.4) is 0 Å². The number of nitrogens with one attached hydrogen (secondary N) is 1. The minimum atomic E-state index is -0.0162. The molecule has 3 rings (SSSR count). The quantitative estimate of drug-likeness (QED) is 0.935. The summed E-state index contributed by atoms with van der Waals surface area (Å²) in [5.41, 5.74) is 1.15. The summed E-state index contributed by atoms with van der Waals surface area (Å²) in [5.74, 6) is 0.609. The lowest BCUT2D eigenvalue weighted by Crippen LogP contribution is -2.24. The largest absolute Gasteiger partial charge is 0.370 e. The Morgan fingerprint density at radius 2 is 2.00 bits per heavy atom. The fraction of sp³-hybridized carbons (Fsp3) is 0.412. The fourth-order valence-corrected chi connectivity index (χ4v) is 3.44. The molecule has 4 nitrogen and oxygen atoms in total. The summed E-state index contributed by atoms with van der Waals surface area (Å²) < 4.78 is 0. The van der Waals surface area contributed by atoms with Crippen molar-refractivity contribution in [2.24, 2.45) is 0 Å². The normalized spacial score (nSPS) is 15.4. The van der Waals surface area contributed by atoms with Crippen LogP contribution in [-0.4, -0.2) is 24.0 Å². The average molecular weight is 315 g/mol. The van der Waals surface area contributed by atoms with E-state index >= 15 is 0 Å². The van der Waals surface area contributed by atoms with E-state index in [0.29, 0.717) is 12.2 Å². The second-order valence-electron chi connectivity index (χ2n) is 5.61. The highest BCUT2D eigenvalue weighted by atomic mass is 32.1. The average Bonchev–Trinajstić information content (AvgIpc) is 2.87. The van der Waals surface area contributed by atoms with Crippen LogP contribution >= 0.6 is 11.3 Å². The van der Waals surface area contributed by atoms with Crippen molar-refractivity contribution in [2.75, 3.05) is 23.3 Å². The zero-order valence-corrected chi connectivity index (χ0v) is 13.4. The van der Waals surface area contributed by atoms with Crippen LogP contribution in [0.1, 0.15) is 30.6 Å². The van der Waals surface area contributed by atoms with Gasteiger partial charge >= 0.3 is 0 Å². The van der Waals surface area contributed by atoms with Crippen molar-refractivity contribution < 1.29 is 4.79 Å². The molecule has 1 amide bonds. The zero-order chi connectivity index (χ0) is 15.2. The molecule has 0 saturated carbocycles. The molecule has 0 spiro atoms. The number of amides is 1. The van der Waals surface area contributed by atoms with Crippen molar-refractivity contribution in [3.05, 3.63) is 40.7 Å². The molecule has 2 aromatic rings. The first-order valence-corrected chi connectivity index (χ1v) is 8.72. The number of pyridine rings is 1. The van der Waals surface area contributed by atoms with Crippen LogP contribution in [0.15, 0.2) is 35.8 Å². The minimum absolute atomic E-state index is 0.0162. The lowest BCUT2D eigenvalue weighted by Gasteiger charge is -2.22. The molecule has 0 unspecified atom stereocenters. The Hall–Kier alpha value is -1.88. The van der Waals surface area contributed by atoms with E-state index < -0.39 is 0 Å². The molecule has 1 saturated heterocycles. The number of carbonyl (C=O) groups is 1. The highest BCUT2D eigenvalue weighted by molar-refractivity contribution is 7.10. The van der Waals surface area contributed by atoms with Gasteiger partial charge < -0.3 is 10.2 Å². The number of carbonyl (C=O) groups excluding carboxylic acids is 1. The van der Waals surface area contributed by atoms with E-state index in [4.69, 9.17) is 0 Å². The predicted octanol–water partition coefficient (Wildman–Crippen LogP) is 3.70. The van der Waals surface area contributed by atoms with Gasteiger partial charge in [-0.1, -0.05) is 18.9 Å². The SMILES string of the molecule is O=C(Cc1cccs1)Nc1ccc(N2CCCCCC2)cn1. The van der Waals surface area contributed by atoms with Gasteiger partial charge in [0.2, 0.25) is 5.91 Å². The van der Waals surface area contributed by atoms with Crippen LogP contribution in [0.5, 0.6) is 0 Å². The van der Waals surface area contributed by atoms with Gasteiger partial charge in [-0.2, -0.15) is 0 Å². The van der Waals surface area contributed by atoms with Crippen molar-refractivity contribution in [1.82, 2.24) is 4.98 Å². The van der Waals surface area contributed by atoms with Gasteiger partial charge in [0, 0.05) is 18.0 Å². The molecule has 0 aliphatic carbocycles. The van der Waals surface area contributed by atoms with Crippen LogP contribution in [0.25, 0.3) is 0 Å². The van der Waals surface area contributed by atoms with Crippen LogP contribution in [0.4, 0.5) is 11.5 Å². The molecule has 2 aromatic heterocycles. The Balaban J connectivity index is 1.57. The second kappa shape index (κ2) is 7.40. The standard InChI is InChI=1S/C17H21N3OS/c21-17(12-15-6-5-11-22-15)19-16-8-7-14(13-18-16)20-9-3-1-2-4-10-20/h5-8,11,13H,1-4,9-10,12H2,(H,18,19,21). The maximum atomic E-state index is 12.0. The van der Waals surface area contributed by atoms with E-state index in [1.54, 1.807) is 11.3 Å². The van der Waals surface area contributed by atoms with E-state index in [9.17, 15) is 4.79 Å². The number of rotatable bonds is 4. The smallest absolute Gasteiger partial charge is 0.230 e. The molecular weight excluding hydrogens is 294 g/mol.